The molecule has 0 spiro atoms. The van der Waals surface area contributed by atoms with E-state index >= 15 is 0 Å². The summed E-state index contributed by atoms with van der Waals surface area (Å²) in [4.78, 5) is 23.5. The smallest absolute Gasteiger partial charge is 0.247 e. The first-order chi connectivity index (χ1) is 19.7. The molecular weight excluding hydrogens is 544 g/mol. The number of aryl methyl sites for hydroxylation is 1. The molecule has 0 aliphatic heterocycles. The molecule has 41 heavy (non-hydrogen) atoms. The number of hydrogen-bond acceptors (Lipinski definition) is 8. The number of likely N-dealkylation sites (N-methyl/N-ethyl adjacent to an activating group) is 1. The largest absolute Gasteiger partial charge is 0.494 e. The monoisotopic (exact) mass is 578 g/mol. The summed E-state index contributed by atoms with van der Waals surface area (Å²) in [5, 5.41) is 7.48. The van der Waals surface area contributed by atoms with Crippen molar-refractivity contribution >= 4 is 45.7 Å². The topological polar surface area (TPSA) is 103 Å². The number of fused-ring (bicyclic) bond motifs is 1. The number of halogens is 1. The van der Waals surface area contributed by atoms with Gasteiger partial charge in [-0.3, -0.25) is 4.79 Å². The van der Waals surface area contributed by atoms with E-state index in [0.29, 0.717) is 59.3 Å². The molecular formula is C30H35ClN6O4. The molecule has 4 aromatic rings. The van der Waals surface area contributed by atoms with Gasteiger partial charge in [0, 0.05) is 48.9 Å². The Kier molecular flexibility index (Phi) is 9.82. The second kappa shape index (κ2) is 13.5. The lowest BCUT2D eigenvalue weighted by atomic mass is 10.1. The molecule has 1 atom stereocenters. The van der Waals surface area contributed by atoms with Gasteiger partial charge in [0.1, 0.15) is 17.6 Å². The fraction of sp³-hybridized carbons (Fsp3) is 0.300. The Hall–Kier alpha value is -4.12. The van der Waals surface area contributed by atoms with Crippen LogP contribution in [0.15, 0.2) is 61.4 Å². The van der Waals surface area contributed by atoms with Gasteiger partial charge in [0.2, 0.25) is 11.9 Å². The lowest BCUT2D eigenvalue weighted by Crippen LogP contribution is -2.35. The summed E-state index contributed by atoms with van der Waals surface area (Å²) in [6.45, 7) is 7.03. The summed E-state index contributed by atoms with van der Waals surface area (Å²) in [7, 11) is 7.43. The number of carbonyl (C=O) groups is 1. The van der Waals surface area contributed by atoms with E-state index in [1.54, 1.807) is 25.4 Å². The van der Waals surface area contributed by atoms with Crippen LogP contribution < -0.4 is 20.1 Å². The standard InChI is InChI=1S/C30H35ClN6O4/c1-7-28(38)33-24-13-23(26(39-6)14-27(24)41-19(16-36(3)4)18-40-8-2)34-30-32-15-22(31)29(35-30)21-17-37(5)25-12-10-9-11-20(21)25/h7,9-15,17,19H,1,8,16,18H2,2-6H3,(H,33,38)(H,32,34,35). The van der Waals surface area contributed by atoms with Crippen molar-refractivity contribution in [2.45, 2.75) is 13.0 Å². The molecule has 0 bridgehead atoms. The summed E-state index contributed by atoms with van der Waals surface area (Å²) < 4.78 is 19.7. The van der Waals surface area contributed by atoms with Crippen molar-refractivity contribution in [1.29, 1.82) is 0 Å². The highest BCUT2D eigenvalue weighted by molar-refractivity contribution is 6.33. The fourth-order valence-corrected chi connectivity index (χ4v) is 4.63. The molecule has 0 radical (unpaired) electrons. The molecule has 0 aliphatic rings. The number of ether oxygens (including phenoxy) is 3. The summed E-state index contributed by atoms with van der Waals surface area (Å²) in [6, 6.07) is 11.4. The number of hydrogen-bond donors (Lipinski definition) is 2. The third kappa shape index (κ3) is 7.15. The maximum Gasteiger partial charge on any atom is 0.247 e. The minimum atomic E-state index is -0.388. The zero-order chi connectivity index (χ0) is 29.5. The number of benzene rings is 2. The average Bonchev–Trinajstić information content (AvgIpc) is 3.29. The Morgan fingerprint density at radius 2 is 2.00 bits per heavy atom. The number of methoxy groups -OCH3 is 1. The van der Waals surface area contributed by atoms with Gasteiger partial charge in [0.15, 0.2) is 0 Å². The zero-order valence-electron chi connectivity index (χ0n) is 23.9. The first-order valence-corrected chi connectivity index (χ1v) is 13.5. The predicted molar refractivity (Wildman–Crippen MR) is 164 cm³/mol. The number of carbonyl (C=O) groups excluding carboxylic acids is 1. The molecule has 0 fully saturated rings. The highest BCUT2D eigenvalue weighted by atomic mass is 35.5. The van der Waals surface area contributed by atoms with E-state index in [1.807, 2.05) is 68.0 Å². The molecule has 1 amide bonds. The van der Waals surface area contributed by atoms with E-state index < -0.39 is 0 Å². The van der Waals surface area contributed by atoms with E-state index in [0.717, 1.165) is 16.5 Å². The lowest BCUT2D eigenvalue weighted by Gasteiger charge is -2.24. The third-order valence-electron chi connectivity index (χ3n) is 6.26. The fourth-order valence-electron chi connectivity index (χ4n) is 4.43. The zero-order valence-corrected chi connectivity index (χ0v) is 24.7. The van der Waals surface area contributed by atoms with Crippen LogP contribution in [0.25, 0.3) is 22.2 Å². The van der Waals surface area contributed by atoms with Crippen LogP contribution in [-0.2, 0) is 16.6 Å². The minimum absolute atomic E-state index is 0.296. The highest BCUT2D eigenvalue weighted by Gasteiger charge is 2.20. The van der Waals surface area contributed by atoms with Gasteiger partial charge in [-0.05, 0) is 39.2 Å². The Balaban J connectivity index is 1.72. The van der Waals surface area contributed by atoms with E-state index in [4.69, 9.17) is 30.8 Å². The quantitative estimate of drug-likeness (QED) is 0.200. The Morgan fingerprint density at radius 3 is 2.71 bits per heavy atom. The number of nitrogens with zero attached hydrogens (tertiary/aromatic N) is 4. The number of amides is 1. The number of anilines is 3. The van der Waals surface area contributed by atoms with E-state index in [2.05, 4.69) is 22.2 Å². The SMILES string of the molecule is C=CC(=O)Nc1cc(Nc2ncc(Cl)c(-c3cn(C)c4ccccc34)n2)c(OC)cc1OC(COCC)CN(C)C. The number of para-hydroxylation sites is 1. The molecule has 2 N–H and O–H groups in total. The van der Waals surface area contributed by atoms with Crippen LogP contribution in [0.3, 0.4) is 0 Å². The van der Waals surface area contributed by atoms with Crippen molar-refractivity contribution in [2.24, 2.45) is 7.05 Å². The normalized spacial score (nSPS) is 11.9. The van der Waals surface area contributed by atoms with Crippen molar-refractivity contribution in [3.05, 3.63) is 66.5 Å². The van der Waals surface area contributed by atoms with Crippen molar-refractivity contribution in [3.8, 4) is 22.8 Å². The summed E-state index contributed by atoms with van der Waals surface area (Å²) in [5.41, 5.74) is 3.46. The van der Waals surface area contributed by atoms with Gasteiger partial charge < -0.3 is 34.3 Å². The average molecular weight is 579 g/mol. The lowest BCUT2D eigenvalue weighted by molar-refractivity contribution is -0.111. The van der Waals surface area contributed by atoms with Gasteiger partial charge >= 0.3 is 0 Å². The maximum absolute atomic E-state index is 12.3. The van der Waals surface area contributed by atoms with Crippen molar-refractivity contribution < 1.29 is 19.0 Å². The molecule has 2 aromatic carbocycles. The molecule has 2 heterocycles. The molecule has 0 saturated heterocycles. The highest BCUT2D eigenvalue weighted by Crippen LogP contribution is 2.39. The number of nitrogens with one attached hydrogen (secondary N) is 2. The molecule has 216 valence electrons. The Labute approximate surface area is 244 Å². The minimum Gasteiger partial charge on any atom is -0.494 e. The van der Waals surface area contributed by atoms with Gasteiger partial charge in [-0.25, -0.2) is 9.97 Å². The summed E-state index contributed by atoms with van der Waals surface area (Å²) >= 11 is 6.57. The summed E-state index contributed by atoms with van der Waals surface area (Å²) in [6.07, 6.45) is 4.44. The van der Waals surface area contributed by atoms with Gasteiger partial charge in [0.25, 0.3) is 0 Å². The molecule has 0 saturated carbocycles. The maximum atomic E-state index is 12.3. The van der Waals surface area contributed by atoms with Crippen LogP contribution in [0, 0.1) is 0 Å². The molecule has 0 aliphatic carbocycles. The van der Waals surface area contributed by atoms with E-state index in [-0.39, 0.29) is 12.0 Å². The molecule has 4 rings (SSSR count). The van der Waals surface area contributed by atoms with Gasteiger partial charge in [-0.1, -0.05) is 36.4 Å². The predicted octanol–water partition coefficient (Wildman–Crippen LogP) is 5.51. The third-order valence-corrected chi connectivity index (χ3v) is 6.53. The van der Waals surface area contributed by atoms with Gasteiger partial charge in [-0.15, -0.1) is 0 Å². The van der Waals surface area contributed by atoms with Crippen LogP contribution >= 0.6 is 11.6 Å². The van der Waals surface area contributed by atoms with Gasteiger partial charge in [-0.2, -0.15) is 0 Å². The molecule has 1 unspecified atom stereocenters. The van der Waals surface area contributed by atoms with Crippen molar-refractivity contribution in [2.75, 3.05) is 51.6 Å². The van der Waals surface area contributed by atoms with Crippen LogP contribution in [0.4, 0.5) is 17.3 Å². The van der Waals surface area contributed by atoms with Crippen LogP contribution in [-0.4, -0.2) is 72.4 Å². The number of aromatic nitrogens is 3. The number of rotatable bonds is 13. The van der Waals surface area contributed by atoms with Crippen LogP contribution in [0.1, 0.15) is 6.92 Å². The van der Waals surface area contributed by atoms with Crippen LogP contribution in [0.2, 0.25) is 5.02 Å². The first kappa shape index (κ1) is 29.9. The Bertz CT molecular complexity index is 1540. The van der Waals surface area contributed by atoms with Crippen molar-refractivity contribution in [3.63, 3.8) is 0 Å². The molecule has 10 nitrogen and oxygen atoms in total. The molecule has 2 aromatic heterocycles. The first-order valence-electron chi connectivity index (χ1n) is 13.1. The second-order valence-corrected chi connectivity index (χ2v) is 10.00. The molecule has 11 heteroatoms. The second-order valence-electron chi connectivity index (χ2n) is 9.59. The Morgan fingerprint density at radius 1 is 1.22 bits per heavy atom. The van der Waals surface area contributed by atoms with E-state index in [1.165, 1.54) is 6.08 Å². The van der Waals surface area contributed by atoms with Crippen LogP contribution in [0.5, 0.6) is 11.5 Å². The van der Waals surface area contributed by atoms with Gasteiger partial charge in [0.05, 0.1) is 42.0 Å². The summed E-state index contributed by atoms with van der Waals surface area (Å²) in [5.74, 6) is 0.789. The van der Waals surface area contributed by atoms with Crippen molar-refractivity contribution in [1.82, 2.24) is 19.4 Å². The van der Waals surface area contributed by atoms with E-state index in [9.17, 15) is 4.79 Å².